The zero-order valence-electron chi connectivity index (χ0n) is 11.2. The van der Waals surface area contributed by atoms with Crippen molar-refractivity contribution < 1.29 is 17.9 Å². The number of thiophene rings is 1. The number of nitrogens with zero attached hydrogens (tertiary/aromatic N) is 1. The second kappa shape index (κ2) is 6.21. The summed E-state index contributed by atoms with van der Waals surface area (Å²) in [6.45, 7) is 2.11. The lowest BCUT2D eigenvalue weighted by Gasteiger charge is -2.15. The summed E-state index contributed by atoms with van der Waals surface area (Å²) in [5, 5.41) is 5.05. The molecule has 1 fully saturated rings. The predicted octanol–water partition coefficient (Wildman–Crippen LogP) is 0.433. The summed E-state index contributed by atoms with van der Waals surface area (Å²) in [7, 11) is -2.02. The average molecular weight is 318 g/mol. The van der Waals surface area contributed by atoms with E-state index in [0.29, 0.717) is 23.9 Å². The second-order valence-corrected chi connectivity index (χ2v) is 7.85. The molecule has 1 atom stereocenters. The van der Waals surface area contributed by atoms with Gasteiger partial charge in [0.2, 0.25) is 15.9 Å². The van der Waals surface area contributed by atoms with E-state index in [0.717, 1.165) is 24.3 Å². The standard InChI is InChI=1S/C12H18N2O4S2/c1-18-8-9-4-5-14(7-9)11(15)6-10-2-3-12(19-10)20(13,16)17/h2-3,9H,4-8H2,1H3,(H2,13,16,17). The minimum absolute atomic E-state index is 0.0198. The van der Waals surface area contributed by atoms with E-state index in [1.807, 2.05) is 0 Å². The van der Waals surface area contributed by atoms with Gasteiger partial charge in [0, 0.05) is 31.0 Å². The summed E-state index contributed by atoms with van der Waals surface area (Å²) < 4.78 is 27.6. The van der Waals surface area contributed by atoms with Crippen molar-refractivity contribution in [2.24, 2.45) is 11.1 Å². The van der Waals surface area contributed by atoms with Crippen LogP contribution in [0.5, 0.6) is 0 Å². The molecule has 0 radical (unpaired) electrons. The Morgan fingerprint density at radius 3 is 2.90 bits per heavy atom. The van der Waals surface area contributed by atoms with Gasteiger partial charge in [-0.3, -0.25) is 4.79 Å². The molecule has 0 aliphatic carbocycles. The van der Waals surface area contributed by atoms with Crippen LogP contribution in [0.2, 0.25) is 0 Å². The maximum atomic E-state index is 12.1. The zero-order chi connectivity index (χ0) is 14.8. The number of methoxy groups -OCH3 is 1. The van der Waals surface area contributed by atoms with Crippen LogP contribution in [0.25, 0.3) is 0 Å². The van der Waals surface area contributed by atoms with Gasteiger partial charge in [-0.1, -0.05) is 0 Å². The molecule has 6 nitrogen and oxygen atoms in total. The molecule has 2 rings (SSSR count). The van der Waals surface area contributed by atoms with Gasteiger partial charge in [0.25, 0.3) is 0 Å². The first-order valence-electron chi connectivity index (χ1n) is 6.28. The molecule has 0 saturated carbocycles. The molecule has 8 heteroatoms. The van der Waals surface area contributed by atoms with Gasteiger partial charge in [0.15, 0.2) is 0 Å². The van der Waals surface area contributed by atoms with Crippen molar-refractivity contribution in [1.29, 1.82) is 0 Å². The van der Waals surface area contributed by atoms with Crippen LogP contribution in [0.15, 0.2) is 16.3 Å². The Kier molecular flexibility index (Phi) is 4.79. The smallest absolute Gasteiger partial charge is 0.247 e. The van der Waals surface area contributed by atoms with Gasteiger partial charge < -0.3 is 9.64 Å². The third kappa shape index (κ3) is 3.78. The fourth-order valence-corrected chi connectivity index (χ4v) is 4.07. The van der Waals surface area contributed by atoms with Crippen molar-refractivity contribution in [2.75, 3.05) is 26.8 Å². The molecule has 1 aromatic heterocycles. The van der Waals surface area contributed by atoms with E-state index in [9.17, 15) is 13.2 Å². The Morgan fingerprint density at radius 1 is 1.55 bits per heavy atom. The minimum atomic E-state index is -3.68. The molecular formula is C12H18N2O4S2. The van der Waals surface area contributed by atoms with Crippen molar-refractivity contribution in [1.82, 2.24) is 4.90 Å². The molecule has 1 amide bonds. The minimum Gasteiger partial charge on any atom is -0.384 e. The normalized spacial score (nSPS) is 19.5. The number of amides is 1. The lowest BCUT2D eigenvalue weighted by molar-refractivity contribution is -0.129. The van der Waals surface area contributed by atoms with Crippen LogP contribution in [-0.4, -0.2) is 46.0 Å². The first kappa shape index (κ1) is 15.4. The molecule has 0 spiro atoms. The summed E-state index contributed by atoms with van der Waals surface area (Å²) in [4.78, 5) is 14.7. The summed E-state index contributed by atoms with van der Waals surface area (Å²) in [6, 6.07) is 3.09. The van der Waals surface area contributed by atoms with E-state index in [2.05, 4.69) is 0 Å². The maximum absolute atomic E-state index is 12.1. The number of primary sulfonamides is 1. The highest BCUT2D eigenvalue weighted by molar-refractivity contribution is 7.91. The molecule has 1 aliphatic heterocycles. The zero-order valence-corrected chi connectivity index (χ0v) is 12.9. The Morgan fingerprint density at radius 2 is 2.30 bits per heavy atom. The van der Waals surface area contributed by atoms with E-state index in [1.165, 1.54) is 6.07 Å². The number of nitrogens with two attached hydrogens (primary N) is 1. The first-order valence-corrected chi connectivity index (χ1v) is 8.64. The summed E-state index contributed by atoms with van der Waals surface area (Å²) >= 11 is 1.05. The molecular weight excluding hydrogens is 300 g/mol. The van der Waals surface area contributed by atoms with E-state index >= 15 is 0 Å². The number of sulfonamides is 1. The number of carbonyl (C=O) groups is 1. The quantitative estimate of drug-likeness (QED) is 0.852. The Bertz CT molecular complexity index is 582. The molecule has 1 aliphatic rings. The molecule has 1 saturated heterocycles. The largest absolute Gasteiger partial charge is 0.384 e. The number of rotatable bonds is 5. The highest BCUT2D eigenvalue weighted by atomic mass is 32.2. The fraction of sp³-hybridized carbons (Fsp3) is 0.583. The highest BCUT2D eigenvalue weighted by Crippen LogP contribution is 2.23. The molecule has 112 valence electrons. The number of ether oxygens (including phenoxy) is 1. The van der Waals surface area contributed by atoms with Crippen LogP contribution < -0.4 is 5.14 Å². The SMILES string of the molecule is COCC1CCN(C(=O)Cc2ccc(S(N)(=O)=O)s2)C1. The predicted molar refractivity (Wildman–Crippen MR) is 76.0 cm³/mol. The highest BCUT2D eigenvalue weighted by Gasteiger charge is 2.26. The Hall–Kier alpha value is -0.960. The van der Waals surface area contributed by atoms with Crippen molar-refractivity contribution >= 4 is 27.3 Å². The van der Waals surface area contributed by atoms with Gasteiger partial charge >= 0.3 is 0 Å². The number of hydrogen-bond acceptors (Lipinski definition) is 5. The Labute approximate surface area is 122 Å². The Balaban J connectivity index is 1.94. The topological polar surface area (TPSA) is 89.7 Å². The van der Waals surface area contributed by atoms with E-state index in [-0.39, 0.29) is 16.5 Å². The van der Waals surface area contributed by atoms with Gasteiger partial charge in [-0.25, -0.2) is 13.6 Å². The number of hydrogen-bond donors (Lipinski definition) is 1. The van der Waals surface area contributed by atoms with E-state index < -0.39 is 10.0 Å². The van der Waals surface area contributed by atoms with Gasteiger partial charge in [0.05, 0.1) is 13.0 Å². The third-order valence-corrected chi connectivity index (χ3v) is 5.81. The van der Waals surface area contributed by atoms with Gasteiger partial charge in [-0.05, 0) is 18.6 Å². The lowest BCUT2D eigenvalue weighted by atomic mass is 10.1. The molecule has 2 N–H and O–H groups in total. The molecule has 0 bridgehead atoms. The lowest BCUT2D eigenvalue weighted by Crippen LogP contribution is -2.30. The van der Waals surface area contributed by atoms with Crippen LogP contribution in [0, 0.1) is 5.92 Å². The van der Waals surface area contributed by atoms with Crippen molar-refractivity contribution in [3.05, 3.63) is 17.0 Å². The average Bonchev–Trinajstić information content (AvgIpc) is 2.97. The van der Waals surface area contributed by atoms with Crippen LogP contribution in [0.4, 0.5) is 0 Å². The molecule has 1 unspecified atom stereocenters. The summed E-state index contributed by atoms with van der Waals surface area (Å²) in [6.07, 6.45) is 1.17. The fourth-order valence-electron chi connectivity index (χ4n) is 2.30. The van der Waals surface area contributed by atoms with Crippen LogP contribution in [0.3, 0.4) is 0 Å². The molecule has 20 heavy (non-hydrogen) atoms. The number of likely N-dealkylation sites (tertiary alicyclic amines) is 1. The van der Waals surface area contributed by atoms with E-state index in [1.54, 1.807) is 18.1 Å². The monoisotopic (exact) mass is 318 g/mol. The molecule has 0 aromatic carbocycles. The molecule has 1 aromatic rings. The van der Waals surface area contributed by atoms with Crippen molar-refractivity contribution in [3.63, 3.8) is 0 Å². The van der Waals surface area contributed by atoms with E-state index in [4.69, 9.17) is 9.88 Å². The van der Waals surface area contributed by atoms with Crippen LogP contribution in [-0.2, 0) is 26.0 Å². The second-order valence-electron chi connectivity index (χ2n) is 4.89. The van der Waals surface area contributed by atoms with Gasteiger partial charge in [-0.15, -0.1) is 11.3 Å². The first-order chi connectivity index (χ1) is 9.40. The van der Waals surface area contributed by atoms with Crippen molar-refractivity contribution in [3.8, 4) is 0 Å². The third-order valence-electron chi connectivity index (χ3n) is 3.28. The number of carbonyl (C=O) groups excluding carboxylic acids is 1. The van der Waals surface area contributed by atoms with Gasteiger partial charge in [0.1, 0.15) is 4.21 Å². The van der Waals surface area contributed by atoms with Crippen LogP contribution in [0.1, 0.15) is 11.3 Å². The summed E-state index contributed by atoms with van der Waals surface area (Å²) in [5.41, 5.74) is 0. The van der Waals surface area contributed by atoms with Crippen molar-refractivity contribution in [2.45, 2.75) is 17.1 Å². The van der Waals surface area contributed by atoms with Crippen LogP contribution >= 0.6 is 11.3 Å². The molecule has 2 heterocycles. The summed E-state index contributed by atoms with van der Waals surface area (Å²) in [5.74, 6) is 0.415. The maximum Gasteiger partial charge on any atom is 0.247 e. The van der Waals surface area contributed by atoms with Gasteiger partial charge in [-0.2, -0.15) is 0 Å².